The summed E-state index contributed by atoms with van der Waals surface area (Å²) in [5.41, 5.74) is 1.44. The van der Waals surface area contributed by atoms with Gasteiger partial charge in [0.05, 0.1) is 6.33 Å². The Kier molecular flexibility index (Phi) is 2.59. The molecular weight excluding hydrogens is 220 g/mol. The molecule has 2 heterocycles. The van der Waals surface area contributed by atoms with Gasteiger partial charge in [-0.25, -0.2) is 9.97 Å². The maximum Gasteiger partial charge on any atom is 0.205 e. The normalized spacial score (nSPS) is 11.1. The van der Waals surface area contributed by atoms with Gasteiger partial charge >= 0.3 is 0 Å². The lowest BCUT2D eigenvalue weighted by Gasteiger charge is -2.01. The Bertz CT molecular complexity index is 467. The SMILES string of the molecule is Cn1cnc2nc(SN)nc(SN)c21. The topological polar surface area (TPSA) is 95.6 Å². The van der Waals surface area contributed by atoms with Crippen LogP contribution in [0.4, 0.5) is 0 Å². The lowest BCUT2D eigenvalue weighted by molar-refractivity contribution is 0.887. The van der Waals surface area contributed by atoms with E-state index in [0.717, 1.165) is 29.4 Å². The van der Waals surface area contributed by atoms with Crippen LogP contribution in [0.2, 0.25) is 0 Å². The van der Waals surface area contributed by atoms with Crippen molar-refractivity contribution in [3.8, 4) is 0 Å². The summed E-state index contributed by atoms with van der Waals surface area (Å²) in [6, 6.07) is 0. The summed E-state index contributed by atoms with van der Waals surface area (Å²) in [6.45, 7) is 0. The average molecular weight is 228 g/mol. The van der Waals surface area contributed by atoms with Crippen molar-refractivity contribution in [1.29, 1.82) is 0 Å². The van der Waals surface area contributed by atoms with E-state index in [1.54, 1.807) is 6.33 Å². The van der Waals surface area contributed by atoms with Gasteiger partial charge in [0.2, 0.25) is 5.16 Å². The van der Waals surface area contributed by atoms with Crippen LogP contribution in [0, 0.1) is 0 Å². The summed E-state index contributed by atoms with van der Waals surface area (Å²) >= 11 is 2.05. The van der Waals surface area contributed by atoms with Crippen LogP contribution in [0.15, 0.2) is 16.5 Å². The van der Waals surface area contributed by atoms with Gasteiger partial charge in [-0.15, -0.1) is 0 Å². The average Bonchev–Trinajstić information content (AvgIpc) is 2.59. The molecule has 4 N–H and O–H groups in total. The quantitative estimate of drug-likeness (QED) is 0.433. The number of aromatic nitrogens is 4. The Labute approximate surface area is 88.8 Å². The van der Waals surface area contributed by atoms with Crippen LogP contribution in [0.3, 0.4) is 0 Å². The first-order chi connectivity index (χ1) is 6.76. The maximum absolute atomic E-state index is 5.50. The van der Waals surface area contributed by atoms with E-state index < -0.39 is 0 Å². The maximum atomic E-state index is 5.50. The van der Waals surface area contributed by atoms with Crippen LogP contribution >= 0.6 is 23.9 Å². The number of hydrogen-bond donors (Lipinski definition) is 2. The first-order valence-corrected chi connectivity index (χ1v) is 5.44. The van der Waals surface area contributed by atoms with Gasteiger partial charge in [0.15, 0.2) is 5.65 Å². The number of nitrogens with zero attached hydrogens (tertiary/aromatic N) is 4. The van der Waals surface area contributed by atoms with Crippen LogP contribution in [0.1, 0.15) is 0 Å². The van der Waals surface area contributed by atoms with Crippen molar-refractivity contribution in [2.24, 2.45) is 17.3 Å². The second-order valence-corrected chi connectivity index (χ2v) is 3.80. The summed E-state index contributed by atoms with van der Waals surface area (Å²) in [4.78, 5) is 12.4. The van der Waals surface area contributed by atoms with Gasteiger partial charge in [0, 0.05) is 7.05 Å². The number of hydrogen-bond acceptors (Lipinski definition) is 7. The summed E-state index contributed by atoms with van der Waals surface area (Å²) in [6.07, 6.45) is 1.67. The smallest absolute Gasteiger partial charge is 0.205 e. The monoisotopic (exact) mass is 228 g/mol. The van der Waals surface area contributed by atoms with Crippen LogP contribution in [0.5, 0.6) is 0 Å². The first kappa shape index (κ1) is 9.71. The van der Waals surface area contributed by atoms with Gasteiger partial charge in [0.1, 0.15) is 10.5 Å². The van der Waals surface area contributed by atoms with E-state index in [1.807, 2.05) is 11.6 Å². The highest BCUT2D eigenvalue weighted by Gasteiger charge is 2.10. The molecule has 0 fully saturated rings. The Morgan fingerprint density at radius 2 is 2.07 bits per heavy atom. The Hall–Kier alpha value is -0.830. The molecule has 0 amide bonds. The molecular formula is C6H8N6S2. The fraction of sp³-hybridized carbons (Fsp3) is 0.167. The highest BCUT2D eigenvalue weighted by molar-refractivity contribution is 7.97. The zero-order valence-electron chi connectivity index (χ0n) is 7.34. The van der Waals surface area contributed by atoms with Crippen LogP contribution in [-0.2, 0) is 7.05 Å². The zero-order chi connectivity index (χ0) is 10.1. The Morgan fingerprint density at radius 3 is 2.71 bits per heavy atom. The summed E-state index contributed by atoms with van der Waals surface area (Å²) in [5, 5.41) is 12.0. The summed E-state index contributed by atoms with van der Waals surface area (Å²) in [7, 11) is 1.87. The third kappa shape index (κ3) is 1.46. The number of fused-ring (bicyclic) bond motifs is 1. The molecule has 0 aliphatic carbocycles. The first-order valence-electron chi connectivity index (χ1n) is 3.68. The van der Waals surface area contributed by atoms with E-state index in [4.69, 9.17) is 10.3 Å². The second kappa shape index (κ2) is 3.73. The molecule has 8 heteroatoms. The van der Waals surface area contributed by atoms with Gasteiger partial charge in [-0.1, -0.05) is 0 Å². The highest BCUT2D eigenvalue weighted by Crippen LogP contribution is 2.22. The van der Waals surface area contributed by atoms with Gasteiger partial charge in [-0.2, -0.15) is 4.98 Å². The molecule has 0 aromatic carbocycles. The van der Waals surface area contributed by atoms with Crippen LogP contribution in [-0.4, -0.2) is 19.5 Å². The number of imidazole rings is 1. The molecule has 0 unspecified atom stereocenters. The molecule has 0 atom stereocenters. The minimum absolute atomic E-state index is 0.476. The molecule has 2 rings (SSSR count). The minimum atomic E-state index is 0.476. The van der Waals surface area contributed by atoms with Crippen molar-refractivity contribution in [3.05, 3.63) is 6.33 Å². The number of aryl methyl sites for hydroxylation is 1. The molecule has 0 spiro atoms. The molecule has 2 aromatic rings. The van der Waals surface area contributed by atoms with Gasteiger partial charge < -0.3 is 4.57 Å². The molecule has 0 aliphatic heterocycles. The predicted octanol–water partition coefficient (Wildman–Crippen LogP) is 0.295. The van der Waals surface area contributed by atoms with Crippen molar-refractivity contribution in [3.63, 3.8) is 0 Å². The highest BCUT2D eigenvalue weighted by atomic mass is 32.2. The summed E-state index contributed by atoms with van der Waals surface area (Å²) in [5.74, 6) is 0. The number of rotatable bonds is 2. The van der Waals surface area contributed by atoms with Gasteiger partial charge in [-0.3, -0.25) is 10.3 Å². The molecule has 0 saturated carbocycles. The van der Waals surface area contributed by atoms with Crippen molar-refractivity contribution in [2.45, 2.75) is 10.2 Å². The predicted molar refractivity (Wildman–Crippen MR) is 56.4 cm³/mol. The Morgan fingerprint density at radius 1 is 1.29 bits per heavy atom. The number of nitrogens with two attached hydrogens (primary N) is 2. The van der Waals surface area contributed by atoms with E-state index in [1.165, 1.54) is 0 Å². The van der Waals surface area contributed by atoms with Crippen molar-refractivity contribution in [2.75, 3.05) is 0 Å². The lowest BCUT2D eigenvalue weighted by atomic mass is 10.5. The molecule has 0 bridgehead atoms. The summed E-state index contributed by atoms with van der Waals surface area (Å²) < 4.78 is 1.83. The lowest BCUT2D eigenvalue weighted by Crippen LogP contribution is -1.98. The third-order valence-corrected chi connectivity index (χ3v) is 2.64. The van der Waals surface area contributed by atoms with Gasteiger partial charge in [-0.05, 0) is 23.9 Å². The van der Waals surface area contributed by atoms with Crippen LogP contribution in [0.25, 0.3) is 11.2 Å². The molecule has 0 aliphatic rings. The van der Waals surface area contributed by atoms with Crippen LogP contribution < -0.4 is 10.3 Å². The Balaban J connectivity index is 2.76. The van der Waals surface area contributed by atoms with E-state index in [-0.39, 0.29) is 0 Å². The van der Waals surface area contributed by atoms with E-state index >= 15 is 0 Å². The van der Waals surface area contributed by atoms with Crippen molar-refractivity contribution >= 4 is 35.1 Å². The standard InChI is InChI=1S/C6H8N6S2/c1-12-2-9-4-3(12)5(13-7)11-6(10-4)14-8/h2H,7-8H2,1H3. The van der Waals surface area contributed by atoms with E-state index in [0.29, 0.717) is 15.8 Å². The fourth-order valence-corrected chi connectivity index (χ4v) is 1.96. The zero-order valence-corrected chi connectivity index (χ0v) is 8.97. The molecule has 2 aromatic heterocycles. The fourth-order valence-electron chi connectivity index (χ4n) is 1.14. The molecule has 0 saturated heterocycles. The molecule has 14 heavy (non-hydrogen) atoms. The molecule has 74 valence electrons. The van der Waals surface area contributed by atoms with E-state index in [2.05, 4.69) is 15.0 Å². The molecule has 6 nitrogen and oxygen atoms in total. The minimum Gasteiger partial charge on any atom is -0.330 e. The third-order valence-electron chi connectivity index (χ3n) is 1.74. The largest absolute Gasteiger partial charge is 0.330 e. The van der Waals surface area contributed by atoms with Gasteiger partial charge in [0.25, 0.3) is 0 Å². The second-order valence-electron chi connectivity index (χ2n) is 2.57. The molecule has 0 radical (unpaired) electrons. The van der Waals surface area contributed by atoms with E-state index in [9.17, 15) is 0 Å². The van der Waals surface area contributed by atoms with Crippen molar-refractivity contribution in [1.82, 2.24) is 19.5 Å². The van der Waals surface area contributed by atoms with Crippen molar-refractivity contribution < 1.29 is 0 Å².